The molecule has 2 rings (SSSR count). The zero-order valence-corrected chi connectivity index (χ0v) is 12.2. The van der Waals surface area contributed by atoms with Crippen LogP contribution in [0.3, 0.4) is 0 Å². The Balaban J connectivity index is 1.90. The van der Waals surface area contributed by atoms with E-state index in [-0.39, 0.29) is 6.04 Å². The van der Waals surface area contributed by atoms with Gasteiger partial charge in [0.05, 0.1) is 6.61 Å². The van der Waals surface area contributed by atoms with E-state index >= 15 is 0 Å². The lowest BCUT2D eigenvalue weighted by Gasteiger charge is -2.18. The largest absolute Gasteiger partial charge is 0.494 e. The molecule has 1 unspecified atom stereocenters. The van der Waals surface area contributed by atoms with Gasteiger partial charge in [-0.2, -0.15) is 0 Å². The molecule has 0 bridgehead atoms. The van der Waals surface area contributed by atoms with Gasteiger partial charge in [-0.05, 0) is 37.2 Å². The van der Waals surface area contributed by atoms with E-state index < -0.39 is 0 Å². The van der Waals surface area contributed by atoms with E-state index in [9.17, 15) is 0 Å². The predicted octanol–water partition coefficient (Wildman–Crippen LogP) is 3.51. The number of nitrogens with zero attached hydrogens (tertiary/aromatic N) is 1. The van der Waals surface area contributed by atoms with Crippen LogP contribution in [0.4, 0.5) is 0 Å². The smallest absolute Gasteiger partial charge is 0.119 e. The first kappa shape index (κ1) is 14.5. The van der Waals surface area contributed by atoms with Crippen molar-refractivity contribution in [2.75, 3.05) is 13.2 Å². The molecule has 1 atom stereocenters. The number of aromatic nitrogens is 1. The summed E-state index contributed by atoms with van der Waals surface area (Å²) < 4.78 is 5.77. The van der Waals surface area contributed by atoms with Crippen molar-refractivity contribution >= 4 is 0 Å². The van der Waals surface area contributed by atoms with Gasteiger partial charge in [0, 0.05) is 24.4 Å². The third-order valence-corrected chi connectivity index (χ3v) is 3.21. The highest BCUT2D eigenvalue weighted by Gasteiger charge is 2.10. The first-order valence-electron chi connectivity index (χ1n) is 7.13. The van der Waals surface area contributed by atoms with Gasteiger partial charge >= 0.3 is 0 Å². The molecule has 0 radical (unpaired) electrons. The van der Waals surface area contributed by atoms with Crippen molar-refractivity contribution < 1.29 is 4.74 Å². The zero-order valence-electron chi connectivity index (χ0n) is 12.2. The highest BCUT2D eigenvalue weighted by Crippen LogP contribution is 2.17. The Kier molecular flexibility index (Phi) is 5.56. The lowest BCUT2D eigenvalue weighted by molar-refractivity contribution is 0.287. The highest BCUT2D eigenvalue weighted by atomic mass is 16.5. The van der Waals surface area contributed by atoms with Gasteiger partial charge in [-0.3, -0.25) is 4.98 Å². The van der Waals surface area contributed by atoms with Crippen LogP contribution in [-0.2, 0) is 0 Å². The van der Waals surface area contributed by atoms with Crippen LogP contribution in [0.1, 0.15) is 30.6 Å². The Bertz CT molecular complexity index is 496. The van der Waals surface area contributed by atoms with E-state index in [1.807, 2.05) is 43.5 Å². The molecule has 1 N–H and O–H groups in total. The second-order valence-electron chi connectivity index (χ2n) is 4.79. The number of pyridine rings is 1. The lowest BCUT2D eigenvalue weighted by atomic mass is 10.1. The number of hydrogen-bond acceptors (Lipinski definition) is 3. The van der Waals surface area contributed by atoms with Crippen LogP contribution in [0.5, 0.6) is 5.75 Å². The number of rotatable bonds is 7. The van der Waals surface area contributed by atoms with E-state index in [0.717, 1.165) is 24.4 Å². The molecule has 0 saturated carbocycles. The van der Waals surface area contributed by atoms with Crippen LogP contribution in [0.25, 0.3) is 0 Å². The first-order valence-corrected chi connectivity index (χ1v) is 7.13. The monoisotopic (exact) mass is 270 g/mol. The molecule has 106 valence electrons. The number of benzene rings is 1. The molecule has 0 spiro atoms. The minimum Gasteiger partial charge on any atom is -0.494 e. The normalized spacial score (nSPS) is 12.1. The summed E-state index contributed by atoms with van der Waals surface area (Å²) in [6, 6.07) is 14.4. The summed E-state index contributed by atoms with van der Waals surface area (Å²) in [4.78, 5) is 4.37. The number of ether oxygens (including phenoxy) is 1. The van der Waals surface area contributed by atoms with Crippen LogP contribution in [0.15, 0.2) is 48.7 Å². The van der Waals surface area contributed by atoms with E-state index in [1.165, 1.54) is 5.56 Å². The molecule has 0 aliphatic rings. The fraction of sp³-hybridized carbons (Fsp3) is 0.353. The number of aryl methyl sites for hydroxylation is 1. The molecular formula is C17H22N2O. The van der Waals surface area contributed by atoms with Gasteiger partial charge in [-0.1, -0.05) is 31.2 Å². The molecule has 0 saturated heterocycles. The molecule has 1 aromatic heterocycles. The average Bonchev–Trinajstić information content (AvgIpc) is 2.48. The molecule has 0 fully saturated rings. The quantitative estimate of drug-likeness (QED) is 0.836. The van der Waals surface area contributed by atoms with Gasteiger partial charge in [0.1, 0.15) is 5.75 Å². The van der Waals surface area contributed by atoms with Gasteiger partial charge in [0.25, 0.3) is 0 Å². The molecule has 20 heavy (non-hydrogen) atoms. The van der Waals surface area contributed by atoms with E-state index in [4.69, 9.17) is 4.74 Å². The topological polar surface area (TPSA) is 34.1 Å². The Morgan fingerprint density at radius 1 is 1.15 bits per heavy atom. The van der Waals surface area contributed by atoms with Gasteiger partial charge in [0.15, 0.2) is 0 Å². The summed E-state index contributed by atoms with van der Waals surface area (Å²) >= 11 is 0. The summed E-state index contributed by atoms with van der Waals surface area (Å²) in [5, 5.41) is 3.48. The number of para-hydroxylation sites is 1. The van der Waals surface area contributed by atoms with Crippen LogP contribution >= 0.6 is 0 Å². The van der Waals surface area contributed by atoms with Gasteiger partial charge in [-0.15, -0.1) is 0 Å². The van der Waals surface area contributed by atoms with E-state index in [2.05, 4.69) is 29.4 Å². The third kappa shape index (κ3) is 4.35. The lowest BCUT2D eigenvalue weighted by Crippen LogP contribution is -2.23. The molecular weight excluding hydrogens is 248 g/mol. The third-order valence-electron chi connectivity index (χ3n) is 3.21. The standard InChI is InChI=1S/C17H22N2O/c1-3-18-17(15-10-9-14(2)19-13-15)11-12-20-16-7-5-4-6-8-16/h4-10,13,17-18H,3,11-12H2,1-2H3. The Hall–Kier alpha value is -1.87. The molecule has 1 heterocycles. The molecule has 3 nitrogen and oxygen atoms in total. The molecule has 0 aliphatic heterocycles. The fourth-order valence-corrected chi connectivity index (χ4v) is 2.13. The average molecular weight is 270 g/mol. The molecule has 3 heteroatoms. The maximum Gasteiger partial charge on any atom is 0.119 e. The van der Waals surface area contributed by atoms with Gasteiger partial charge < -0.3 is 10.1 Å². The van der Waals surface area contributed by atoms with Crippen molar-refractivity contribution in [2.45, 2.75) is 26.3 Å². The van der Waals surface area contributed by atoms with Gasteiger partial charge in [0.2, 0.25) is 0 Å². The van der Waals surface area contributed by atoms with Crippen molar-refractivity contribution in [3.63, 3.8) is 0 Å². The zero-order chi connectivity index (χ0) is 14.2. The second-order valence-corrected chi connectivity index (χ2v) is 4.79. The van der Waals surface area contributed by atoms with Crippen molar-refractivity contribution in [3.05, 3.63) is 59.9 Å². The summed E-state index contributed by atoms with van der Waals surface area (Å²) in [7, 11) is 0. The minimum atomic E-state index is 0.289. The molecule has 0 aliphatic carbocycles. The number of hydrogen-bond donors (Lipinski definition) is 1. The summed E-state index contributed by atoms with van der Waals surface area (Å²) in [6.45, 7) is 5.75. The van der Waals surface area contributed by atoms with Gasteiger partial charge in [-0.25, -0.2) is 0 Å². The summed E-state index contributed by atoms with van der Waals surface area (Å²) in [5.74, 6) is 0.921. The predicted molar refractivity (Wildman–Crippen MR) is 81.9 cm³/mol. The Labute approximate surface area is 121 Å². The SMILES string of the molecule is CCNC(CCOc1ccccc1)c1ccc(C)nc1. The van der Waals surface area contributed by atoms with Crippen molar-refractivity contribution in [1.29, 1.82) is 0 Å². The fourth-order valence-electron chi connectivity index (χ4n) is 2.13. The van der Waals surface area contributed by atoms with Crippen LogP contribution in [-0.4, -0.2) is 18.1 Å². The summed E-state index contributed by atoms with van der Waals surface area (Å²) in [5.41, 5.74) is 2.26. The maximum absolute atomic E-state index is 5.77. The second kappa shape index (κ2) is 7.65. The van der Waals surface area contributed by atoms with Crippen molar-refractivity contribution in [3.8, 4) is 5.75 Å². The van der Waals surface area contributed by atoms with Crippen LogP contribution < -0.4 is 10.1 Å². The van der Waals surface area contributed by atoms with Crippen LogP contribution in [0, 0.1) is 6.92 Å². The molecule has 0 amide bonds. The highest BCUT2D eigenvalue weighted by molar-refractivity contribution is 5.21. The Morgan fingerprint density at radius 2 is 1.95 bits per heavy atom. The Morgan fingerprint density at radius 3 is 2.60 bits per heavy atom. The minimum absolute atomic E-state index is 0.289. The summed E-state index contributed by atoms with van der Waals surface area (Å²) in [6.07, 6.45) is 2.87. The molecule has 1 aromatic carbocycles. The number of nitrogens with one attached hydrogen (secondary N) is 1. The maximum atomic E-state index is 5.77. The van der Waals surface area contributed by atoms with E-state index in [1.54, 1.807) is 0 Å². The van der Waals surface area contributed by atoms with Crippen LogP contribution in [0.2, 0.25) is 0 Å². The van der Waals surface area contributed by atoms with E-state index in [0.29, 0.717) is 6.61 Å². The first-order chi connectivity index (χ1) is 9.79. The van der Waals surface area contributed by atoms with Crippen molar-refractivity contribution in [2.24, 2.45) is 0 Å². The van der Waals surface area contributed by atoms with Crippen molar-refractivity contribution in [1.82, 2.24) is 10.3 Å². The molecule has 2 aromatic rings.